The minimum absolute atomic E-state index is 0.376. The van der Waals surface area contributed by atoms with Crippen LogP contribution < -0.4 is 5.32 Å². The molecule has 0 aromatic carbocycles. The summed E-state index contributed by atoms with van der Waals surface area (Å²) in [4.78, 5) is 2.48. The van der Waals surface area contributed by atoms with Gasteiger partial charge in [0, 0.05) is 31.4 Å². The number of thioether (sulfide) groups is 1. The van der Waals surface area contributed by atoms with Crippen LogP contribution in [0.25, 0.3) is 0 Å². The van der Waals surface area contributed by atoms with Gasteiger partial charge in [0.15, 0.2) is 0 Å². The lowest BCUT2D eigenvalue weighted by molar-refractivity contribution is -0.0277. The van der Waals surface area contributed by atoms with Crippen molar-refractivity contribution in [3.8, 4) is 0 Å². The van der Waals surface area contributed by atoms with E-state index in [1.54, 1.807) is 0 Å². The first-order valence-corrected chi connectivity index (χ1v) is 8.42. The topological polar surface area (TPSA) is 24.5 Å². The van der Waals surface area contributed by atoms with Gasteiger partial charge in [-0.05, 0) is 24.1 Å². The van der Waals surface area contributed by atoms with E-state index in [9.17, 15) is 0 Å². The smallest absolute Gasteiger partial charge is 0.0826 e. The van der Waals surface area contributed by atoms with E-state index in [-0.39, 0.29) is 0 Å². The molecule has 0 bridgehead atoms. The van der Waals surface area contributed by atoms with Crippen LogP contribution in [0.5, 0.6) is 0 Å². The standard InChI is InChI=1S/C14H28N2OS/c1-4-16-6-7-17-12(10-16)9-15-13-11-18-8-5-14(13,2)3/h12-13,15H,4-11H2,1-3H3. The first-order chi connectivity index (χ1) is 8.62. The molecule has 2 aliphatic heterocycles. The summed E-state index contributed by atoms with van der Waals surface area (Å²) >= 11 is 2.08. The highest BCUT2D eigenvalue weighted by molar-refractivity contribution is 7.99. The molecular weight excluding hydrogens is 244 g/mol. The van der Waals surface area contributed by atoms with Gasteiger partial charge in [-0.25, -0.2) is 0 Å². The largest absolute Gasteiger partial charge is 0.374 e. The molecule has 2 aliphatic rings. The Kier molecular flexibility index (Phi) is 5.36. The third-order valence-electron chi connectivity index (χ3n) is 4.38. The van der Waals surface area contributed by atoms with Crippen molar-refractivity contribution in [1.82, 2.24) is 10.2 Å². The summed E-state index contributed by atoms with van der Waals surface area (Å²) in [5.74, 6) is 2.56. The van der Waals surface area contributed by atoms with Crippen LogP contribution in [0.2, 0.25) is 0 Å². The lowest BCUT2D eigenvalue weighted by Crippen LogP contribution is -2.52. The van der Waals surface area contributed by atoms with Gasteiger partial charge >= 0.3 is 0 Å². The van der Waals surface area contributed by atoms with Gasteiger partial charge in [0.1, 0.15) is 0 Å². The van der Waals surface area contributed by atoms with Gasteiger partial charge in [0.25, 0.3) is 0 Å². The Balaban J connectivity index is 1.76. The molecule has 2 heterocycles. The average Bonchev–Trinajstić information content (AvgIpc) is 2.37. The predicted octanol–water partition coefficient (Wildman–Crippen LogP) is 1.83. The first-order valence-electron chi connectivity index (χ1n) is 7.27. The Labute approximate surface area is 116 Å². The maximum Gasteiger partial charge on any atom is 0.0826 e. The molecule has 2 fully saturated rings. The van der Waals surface area contributed by atoms with Crippen molar-refractivity contribution in [2.45, 2.75) is 39.3 Å². The highest BCUT2D eigenvalue weighted by atomic mass is 32.2. The molecule has 0 saturated carbocycles. The molecule has 0 spiro atoms. The molecule has 2 saturated heterocycles. The van der Waals surface area contributed by atoms with Crippen molar-refractivity contribution in [2.24, 2.45) is 5.41 Å². The zero-order chi connectivity index (χ0) is 13.0. The second-order valence-corrected chi connectivity index (χ2v) is 7.31. The van der Waals surface area contributed by atoms with Crippen molar-refractivity contribution in [1.29, 1.82) is 0 Å². The summed E-state index contributed by atoms with van der Waals surface area (Å²) in [5, 5.41) is 3.75. The molecule has 1 N–H and O–H groups in total. The molecule has 3 nitrogen and oxygen atoms in total. The molecule has 0 amide bonds. The molecule has 2 rings (SSSR count). The average molecular weight is 272 g/mol. The number of likely N-dealkylation sites (N-methyl/N-ethyl adjacent to an activating group) is 1. The molecule has 18 heavy (non-hydrogen) atoms. The summed E-state index contributed by atoms with van der Waals surface area (Å²) < 4.78 is 5.86. The normalized spacial score (nSPS) is 33.5. The predicted molar refractivity (Wildman–Crippen MR) is 79.4 cm³/mol. The molecule has 2 unspecified atom stereocenters. The van der Waals surface area contributed by atoms with E-state index in [1.807, 2.05) is 0 Å². The number of morpholine rings is 1. The van der Waals surface area contributed by atoms with Crippen LogP contribution >= 0.6 is 11.8 Å². The molecule has 2 atom stereocenters. The van der Waals surface area contributed by atoms with Crippen molar-refractivity contribution >= 4 is 11.8 Å². The quantitative estimate of drug-likeness (QED) is 0.844. The summed E-state index contributed by atoms with van der Waals surface area (Å²) in [6.45, 7) is 12.2. The zero-order valence-corrected chi connectivity index (χ0v) is 12.9. The van der Waals surface area contributed by atoms with Gasteiger partial charge in [0.2, 0.25) is 0 Å². The zero-order valence-electron chi connectivity index (χ0n) is 12.1. The van der Waals surface area contributed by atoms with Gasteiger partial charge < -0.3 is 10.1 Å². The minimum atomic E-state index is 0.376. The van der Waals surface area contributed by atoms with Crippen molar-refractivity contribution in [2.75, 3.05) is 44.3 Å². The Morgan fingerprint density at radius 1 is 1.44 bits per heavy atom. The van der Waals surface area contributed by atoms with Crippen LogP contribution in [0, 0.1) is 5.41 Å². The van der Waals surface area contributed by atoms with Crippen LogP contribution in [-0.2, 0) is 4.74 Å². The fourth-order valence-corrected chi connectivity index (χ4v) is 4.38. The lowest BCUT2D eigenvalue weighted by Gasteiger charge is -2.40. The SMILES string of the molecule is CCN1CCOC(CNC2CSCCC2(C)C)C1. The third kappa shape index (κ3) is 3.86. The molecular formula is C14H28N2OS. The molecule has 0 aromatic rings. The fraction of sp³-hybridized carbons (Fsp3) is 1.00. The van der Waals surface area contributed by atoms with E-state index < -0.39 is 0 Å². The number of hydrogen-bond donors (Lipinski definition) is 1. The number of nitrogens with one attached hydrogen (secondary N) is 1. The maximum atomic E-state index is 5.86. The summed E-state index contributed by atoms with van der Waals surface area (Å²) in [7, 11) is 0. The fourth-order valence-electron chi connectivity index (χ4n) is 2.74. The van der Waals surface area contributed by atoms with Gasteiger partial charge in [-0.15, -0.1) is 0 Å². The van der Waals surface area contributed by atoms with Crippen molar-refractivity contribution in [3.05, 3.63) is 0 Å². The first kappa shape index (κ1) is 14.6. The van der Waals surface area contributed by atoms with E-state index in [0.29, 0.717) is 17.6 Å². The van der Waals surface area contributed by atoms with E-state index in [4.69, 9.17) is 4.74 Å². The van der Waals surface area contributed by atoms with Crippen LogP contribution in [0.4, 0.5) is 0 Å². The molecule has 0 aromatic heterocycles. The number of ether oxygens (including phenoxy) is 1. The number of rotatable bonds is 4. The number of hydrogen-bond acceptors (Lipinski definition) is 4. The van der Waals surface area contributed by atoms with E-state index in [2.05, 4.69) is 42.7 Å². The van der Waals surface area contributed by atoms with Gasteiger partial charge in [-0.2, -0.15) is 11.8 Å². The van der Waals surface area contributed by atoms with E-state index in [0.717, 1.165) is 32.8 Å². The van der Waals surface area contributed by atoms with Crippen LogP contribution in [-0.4, -0.2) is 61.3 Å². The minimum Gasteiger partial charge on any atom is -0.374 e. The Hall–Kier alpha value is 0.230. The second-order valence-electron chi connectivity index (χ2n) is 6.16. The van der Waals surface area contributed by atoms with Crippen molar-refractivity contribution < 1.29 is 4.74 Å². The Bertz CT molecular complexity index is 260. The summed E-state index contributed by atoms with van der Waals surface area (Å²) in [5.41, 5.74) is 0.435. The van der Waals surface area contributed by atoms with Crippen LogP contribution in [0.1, 0.15) is 27.2 Å². The Morgan fingerprint density at radius 2 is 2.28 bits per heavy atom. The van der Waals surface area contributed by atoms with E-state index in [1.165, 1.54) is 17.9 Å². The lowest BCUT2D eigenvalue weighted by atomic mass is 9.82. The maximum absolute atomic E-state index is 5.86. The monoisotopic (exact) mass is 272 g/mol. The van der Waals surface area contributed by atoms with Crippen molar-refractivity contribution in [3.63, 3.8) is 0 Å². The Morgan fingerprint density at radius 3 is 3.00 bits per heavy atom. The second kappa shape index (κ2) is 6.60. The summed E-state index contributed by atoms with van der Waals surface area (Å²) in [6.07, 6.45) is 1.70. The highest BCUT2D eigenvalue weighted by Gasteiger charge is 2.33. The van der Waals surface area contributed by atoms with Crippen LogP contribution in [0.3, 0.4) is 0 Å². The summed E-state index contributed by atoms with van der Waals surface area (Å²) in [6, 6.07) is 0.636. The van der Waals surface area contributed by atoms with E-state index >= 15 is 0 Å². The molecule has 106 valence electrons. The highest BCUT2D eigenvalue weighted by Crippen LogP contribution is 2.34. The van der Waals surface area contributed by atoms with Gasteiger partial charge in [-0.3, -0.25) is 4.90 Å². The van der Waals surface area contributed by atoms with Crippen LogP contribution in [0.15, 0.2) is 0 Å². The number of nitrogens with zero attached hydrogens (tertiary/aromatic N) is 1. The molecule has 0 aliphatic carbocycles. The molecule has 4 heteroatoms. The van der Waals surface area contributed by atoms with Gasteiger partial charge in [-0.1, -0.05) is 20.8 Å². The third-order valence-corrected chi connectivity index (χ3v) is 5.44. The molecule has 0 radical (unpaired) electrons. The van der Waals surface area contributed by atoms with Gasteiger partial charge in [0.05, 0.1) is 12.7 Å².